The number of ether oxygens (including phenoxy) is 2. The lowest BCUT2D eigenvalue weighted by Gasteiger charge is -2.33. The molecule has 1 fully saturated rings. The van der Waals surface area contributed by atoms with Crippen LogP contribution in [0, 0.1) is 17.7 Å². The van der Waals surface area contributed by atoms with E-state index in [1.165, 1.54) is 6.07 Å². The van der Waals surface area contributed by atoms with Crippen LogP contribution >= 0.6 is 0 Å². The number of piperidine rings is 1. The Morgan fingerprint density at radius 3 is 2.51 bits per heavy atom. The molecule has 0 saturated carbocycles. The van der Waals surface area contributed by atoms with Crippen LogP contribution in [-0.4, -0.2) is 60.0 Å². The number of amides is 2. The average molecular weight is 492 g/mol. The highest BCUT2D eigenvalue weighted by Gasteiger charge is 2.28. The molecule has 1 unspecified atom stereocenters. The van der Waals surface area contributed by atoms with Gasteiger partial charge in [0.25, 0.3) is 0 Å². The summed E-state index contributed by atoms with van der Waals surface area (Å²) in [6.45, 7) is 9.24. The predicted octanol–water partition coefficient (Wildman–Crippen LogP) is 3.51. The second-order valence-electron chi connectivity index (χ2n) is 10.8. The van der Waals surface area contributed by atoms with Gasteiger partial charge in [-0.2, -0.15) is 0 Å². The van der Waals surface area contributed by atoms with Gasteiger partial charge >= 0.3 is 12.0 Å². The van der Waals surface area contributed by atoms with Crippen LogP contribution in [0.5, 0.6) is 5.75 Å². The van der Waals surface area contributed by atoms with Crippen molar-refractivity contribution < 1.29 is 33.9 Å². The predicted molar refractivity (Wildman–Crippen MR) is 131 cm³/mol. The van der Waals surface area contributed by atoms with Crippen molar-refractivity contribution in [3.8, 4) is 5.75 Å². The quantitative estimate of drug-likeness (QED) is 0.609. The van der Waals surface area contributed by atoms with E-state index in [1.807, 2.05) is 32.9 Å². The first-order chi connectivity index (χ1) is 16.5. The van der Waals surface area contributed by atoms with E-state index in [4.69, 9.17) is 9.47 Å². The van der Waals surface area contributed by atoms with Crippen LogP contribution in [0.3, 0.4) is 0 Å². The van der Waals surface area contributed by atoms with Gasteiger partial charge in [-0.15, -0.1) is 0 Å². The first kappa shape index (κ1) is 27.1. The molecule has 2 aliphatic rings. The molecule has 1 aliphatic heterocycles. The van der Waals surface area contributed by atoms with E-state index in [9.17, 15) is 19.1 Å². The Kier molecular flexibility index (Phi) is 9.30. The van der Waals surface area contributed by atoms with E-state index in [2.05, 4.69) is 0 Å². The molecule has 0 radical (unpaired) electrons. The zero-order chi connectivity index (χ0) is 25.6. The van der Waals surface area contributed by atoms with Crippen LogP contribution in [0.1, 0.15) is 65.4 Å². The monoisotopic (exact) mass is 491 g/mol. The van der Waals surface area contributed by atoms with Gasteiger partial charge in [0.15, 0.2) is 11.6 Å². The maximum Gasteiger partial charge on any atom is 0.410 e. The third-order valence-corrected chi connectivity index (χ3v) is 6.52. The molecule has 2 atom stereocenters. The lowest BCUT2D eigenvalue weighted by Crippen LogP contribution is -2.91. The largest absolute Gasteiger partial charge is 0.490 e. The summed E-state index contributed by atoms with van der Waals surface area (Å²) < 4.78 is 26.0. The molecule has 3 rings (SSSR count). The van der Waals surface area contributed by atoms with E-state index in [-0.39, 0.29) is 29.6 Å². The number of nitrogens with two attached hydrogens (primary N) is 1. The fourth-order valence-corrected chi connectivity index (χ4v) is 4.44. The van der Waals surface area contributed by atoms with Crippen molar-refractivity contribution in [1.29, 1.82) is 0 Å². The van der Waals surface area contributed by atoms with Crippen molar-refractivity contribution in [2.24, 2.45) is 11.8 Å². The minimum absolute atomic E-state index is 0.0633. The molecule has 35 heavy (non-hydrogen) atoms. The van der Waals surface area contributed by atoms with E-state index in [1.54, 1.807) is 23.2 Å². The normalized spacial score (nSPS) is 20.2. The maximum atomic E-state index is 14.8. The number of rotatable bonds is 7. The highest BCUT2D eigenvalue weighted by molar-refractivity contribution is 5.73. The standard InChI is InChI=1S/C27H39FN2O5/c1-18(31)16-29-25(32)21-7-5-20(6-8-21)22-9-10-24(23(28)15-22)34-17-19-11-13-30(14-12-19)26(33)35-27(2,3)4/h5,9-10,15,18-19,21,31H,6-8,11-14,16-17H2,1-4H3,(H,29,32)/p+1/t18-,21?/m1/s1. The van der Waals surface area contributed by atoms with Gasteiger partial charge in [0.1, 0.15) is 18.2 Å². The van der Waals surface area contributed by atoms with E-state index in [0.29, 0.717) is 32.7 Å². The second kappa shape index (κ2) is 12.0. The zero-order valence-electron chi connectivity index (χ0n) is 21.4. The number of aliphatic hydroxyl groups is 1. The van der Waals surface area contributed by atoms with Gasteiger partial charge in [0.05, 0.1) is 12.5 Å². The molecule has 2 amide bonds. The van der Waals surface area contributed by atoms with Crippen LogP contribution in [0.2, 0.25) is 0 Å². The molecule has 1 heterocycles. The Hall–Kier alpha value is -2.45. The van der Waals surface area contributed by atoms with Crippen molar-refractivity contribution >= 4 is 17.6 Å². The smallest absolute Gasteiger partial charge is 0.410 e. The summed E-state index contributed by atoms with van der Waals surface area (Å²) in [4.78, 5) is 26.2. The van der Waals surface area contributed by atoms with E-state index >= 15 is 0 Å². The summed E-state index contributed by atoms with van der Waals surface area (Å²) >= 11 is 0. The maximum absolute atomic E-state index is 14.8. The molecule has 0 aromatic heterocycles. The number of hydrogen-bond acceptors (Lipinski definition) is 5. The zero-order valence-corrected chi connectivity index (χ0v) is 21.4. The minimum atomic E-state index is -0.512. The van der Waals surface area contributed by atoms with Crippen molar-refractivity contribution in [1.82, 2.24) is 4.90 Å². The molecular weight excluding hydrogens is 451 g/mol. The van der Waals surface area contributed by atoms with Crippen molar-refractivity contribution in [2.45, 2.75) is 71.5 Å². The summed E-state index contributed by atoms with van der Waals surface area (Å²) in [6.07, 6.45) is 4.88. The molecule has 1 saturated heterocycles. The van der Waals surface area contributed by atoms with Crippen LogP contribution in [-0.2, 0) is 9.53 Å². The topological polar surface area (TPSA) is 92.7 Å². The van der Waals surface area contributed by atoms with Gasteiger partial charge < -0.3 is 19.5 Å². The van der Waals surface area contributed by atoms with Crippen molar-refractivity contribution in [3.05, 3.63) is 35.7 Å². The number of hydrogen-bond donors (Lipinski definition) is 2. The summed E-state index contributed by atoms with van der Waals surface area (Å²) in [6, 6.07) is 5.06. The molecule has 1 aliphatic carbocycles. The highest BCUT2D eigenvalue weighted by atomic mass is 19.1. The molecule has 1 aromatic carbocycles. The van der Waals surface area contributed by atoms with Gasteiger partial charge in [0, 0.05) is 13.1 Å². The first-order valence-electron chi connectivity index (χ1n) is 12.7. The van der Waals surface area contributed by atoms with Crippen LogP contribution in [0.4, 0.5) is 9.18 Å². The Bertz CT molecular complexity index is 917. The summed E-state index contributed by atoms with van der Waals surface area (Å²) in [5.74, 6) is 0.118. The number of aliphatic hydroxyl groups excluding tert-OH is 1. The van der Waals surface area contributed by atoms with Crippen molar-refractivity contribution in [3.63, 3.8) is 0 Å². The molecule has 1 aromatic rings. The number of primary amides is 1. The number of quaternary nitrogens is 1. The van der Waals surface area contributed by atoms with E-state index in [0.717, 1.165) is 36.8 Å². The fourth-order valence-electron chi connectivity index (χ4n) is 4.44. The summed E-state index contributed by atoms with van der Waals surface area (Å²) in [5.41, 5.74) is 1.36. The Balaban J connectivity index is 1.46. The number of allylic oxidation sites excluding steroid dienone is 2. The first-order valence-corrected chi connectivity index (χ1v) is 12.7. The van der Waals surface area contributed by atoms with E-state index < -0.39 is 17.5 Å². The van der Waals surface area contributed by atoms with Gasteiger partial charge in [-0.1, -0.05) is 12.1 Å². The van der Waals surface area contributed by atoms with Gasteiger partial charge in [-0.25, -0.2) is 14.0 Å². The Morgan fingerprint density at radius 2 is 1.94 bits per heavy atom. The van der Waals surface area contributed by atoms with Gasteiger partial charge in [0.2, 0.25) is 0 Å². The van der Waals surface area contributed by atoms with Gasteiger partial charge in [-0.05, 0) is 89.0 Å². The van der Waals surface area contributed by atoms with Crippen LogP contribution in [0.25, 0.3) is 5.57 Å². The van der Waals surface area contributed by atoms with Crippen LogP contribution in [0.15, 0.2) is 24.3 Å². The Morgan fingerprint density at radius 1 is 1.23 bits per heavy atom. The molecule has 3 N–H and O–H groups in total. The Labute approximate surface area is 207 Å². The molecule has 0 spiro atoms. The number of halogens is 1. The number of likely N-dealkylation sites (tertiary alicyclic amines) is 1. The lowest BCUT2D eigenvalue weighted by molar-refractivity contribution is -0.579. The third-order valence-electron chi connectivity index (χ3n) is 6.52. The average Bonchev–Trinajstić information content (AvgIpc) is 2.81. The molecule has 7 nitrogen and oxygen atoms in total. The minimum Gasteiger partial charge on any atom is -0.490 e. The summed E-state index contributed by atoms with van der Waals surface area (Å²) in [5, 5.41) is 10.9. The molecule has 194 valence electrons. The number of carbonyl (C=O) groups excluding carboxylic acids is 2. The van der Waals surface area contributed by atoms with Crippen molar-refractivity contribution in [2.75, 3.05) is 26.2 Å². The molecular formula is C27H40FN2O5+. The number of benzene rings is 1. The summed E-state index contributed by atoms with van der Waals surface area (Å²) in [7, 11) is 0. The SMILES string of the molecule is C[C@@H](O)C[NH2+]C(=O)C1CC=C(c2ccc(OCC3CCN(C(=O)OC(C)(C)C)CC3)c(F)c2)CC1. The van der Waals surface area contributed by atoms with Crippen LogP contribution < -0.4 is 10.1 Å². The second-order valence-corrected chi connectivity index (χ2v) is 10.8. The lowest BCUT2D eigenvalue weighted by atomic mass is 9.86. The number of carbonyl (C=O) groups is 2. The third kappa shape index (κ3) is 8.32. The van der Waals surface area contributed by atoms with Gasteiger partial charge in [-0.3, -0.25) is 5.32 Å². The fraction of sp³-hybridized carbons (Fsp3) is 0.630. The molecule has 0 bridgehead atoms. The highest BCUT2D eigenvalue weighted by Crippen LogP contribution is 2.32. The number of nitrogens with zero attached hydrogens (tertiary/aromatic N) is 1. The molecule has 8 heteroatoms.